The molecule has 0 saturated carbocycles. The van der Waals surface area contributed by atoms with Crippen LogP contribution in [0.15, 0.2) is 73.4 Å². The Morgan fingerprint density at radius 2 is 1.42 bits per heavy atom. The molecule has 0 aliphatic heterocycles. The molecule has 0 aliphatic rings. The predicted octanol–water partition coefficient (Wildman–Crippen LogP) is 9.07. The van der Waals surface area contributed by atoms with Gasteiger partial charge < -0.3 is 9.88 Å². The fourth-order valence-corrected chi connectivity index (χ4v) is 8.79. The van der Waals surface area contributed by atoms with Crippen LogP contribution in [0.4, 0.5) is 0 Å². The number of aromatic nitrogens is 2. The zero-order valence-corrected chi connectivity index (χ0v) is 28.7. The third-order valence-electron chi connectivity index (χ3n) is 3.61. The van der Waals surface area contributed by atoms with Gasteiger partial charge in [-0.1, -0.05) is 31.9 Å². The van der Waals surface area contributed by atoms with Gasteiger partial charge in [0.05, 0.1) is 22.3 Å². The molecule has 0 radical (unpaired) electrons. The molecule has 3 aromatic rings. The first-order valence-corrected chi connectivity index (χ1v) is 15.7. The Hall–Kier alpha value is 1.01. The maximum absolute atomic E-state index is 11.3. The molecule has 1 aromatic heterocycles. The van der Waals surface area contributed by atoms with Gasteiger partial charge in [0, 0.05) is 70.3 Å². The summed E-state index contributed by atoms with van der Waals surface area (Å²) >= 11 is 27.6. The SMILES string of the molecule is Brc1cc(Br)c(SOSc2c(Br)cc(Br)cc2Br)c(Br)c1.Cn1cncc1C(=O)NCCS. The molecule has 33 heavy (non-hydrogen) atoms. The first-order chi connectivity index (χ1) is 15.6. The van der Waals surface area contributed by atoms with E-state index in [0.29, 0.717) is 18.0 Å². The van der Waals surface area contributed by atoms with E-state index >= 15 is 0 Å². The molecule has 1 amide bonds. The van der Waals surface area contributed by atoms with Crippen LogP contribution in [-0.2, 0) is 10.7 Å². The Morgan fingerprint density at radius 3 is 1.79 bits per heavy atom. The first-order valence-electron chi connectivity index (χ1n) is 8.79. The van der Waals surface area contributed by atoms with Gasteiger partial charge in [-0.05, 0) is 88.0 Å². The molecule has 0 bridgehead atoms. The number of rotatable bonds is 7. The Bertz CT molecular complexity index is 1010. The molecule has 178 valence electrons. The zero-order chi connectivity index (χ0) is 24.5. The van der Waals surface area contributed by atoms with Crippen molar-refractivity contribution >= 4 is 138 Å². The maximum Gasteiger partial charge on any atom is 0.269 e. The lowest BCUT2D eigenvalue weighted by Crippen LogP contribution is -2.26. The molecule has 0 unspecified atom stereocenters. The molecule has 3 rings (SSSR count). The Kier molecular flexibility index (Phi) is 14.0. The van der Waals surface area contributed by atoms with E-state index in [1.807, 2.05) is 24.3 Å². The molecule has 1 N–H and O–H groups in total. The van der Waals surface area contributed by atoms with Crippen LogP contribution in [0.25, 0.3) is 0 Å². The van der Waals surface area contributed by atoms with E-state index in [9.17, 15) is 4.79 Å². The van der Waals surface area contributed by atoms with Crippen LogP contribution in [0.5, 0.6) is 0 Å². The lowest BCUT2D eigenvalue weighted by atomic mass is 10.4. The molecular formula is C19H15Br6N3O2S3. The van der Waals surface area contributed by atoms with E-state index in [1.165, 1.54) is 30.3 Å². The molecule has 0 spiro atoms. The van der Waals surface area contributed by atoms with Gasteiger partial charge >= 0.3 is 0 Å². The summed E-state index contributed by atoms with van der Waals surface area (Å²) in [4.78, 5) is 17.1. The van der Waals surface area contributed by atoms with Crippen molar-refractivity contribution in [2.45, 2.75) is 9.79 Å². The van der Waals surface area contributed by atoms with Crippen LogP contribution in [-0.4, -0.2) is 27.8 Å². The number of imidazole rings is 1. The van der Waals surface area contributed by atoms with E-state index in [2.05, 4.69) is 119 Å². The Labute approximate surface area is 256 Å². The van der Waals surface area contributed by atoms with Crippen molar-refractivity contribution in [3.05, 3.63) is 69.3 Å². The number of nitrogens with one attached hydrogen (secondary N) is 1. The summed E-state index contributed by atoms with van der Waals surface area (Å²) in [6.07, 6.45) is 3.13. The van der Waals surface area contributed by atoms with Crippen molar-refractivity contribution in [2.75, 3.05) is 12.3 Å². The highest BCUT2D eigenvalue weighted by molar-refractivity contribution is 9.12. The van der Waals surface area contributed by atoms with Crippen molar-refractivity contribution in [1.82, 2.24) is 14.9 Å². The monoisotopic (exact) mass is 887 g/mol. The van der Waals surface area contributed by atoms with E-state index < -0.39 is 0 Å². The van der Waals surface area contributed by atoms with Gasteiger partial charge in [0.1, 0.15) is 5.69 Å². The third-order valence-corrected chi connectivity index (χ3v) is 10.1. The summed E-state index contributed by atoms with van der Waals surface area (Å²) in [7, 11) is 1.78. The van der Waals surface area contributed by atoms with Crippen molar-refractivity contribution in [3.63, 3.8) is 0 Å². The average molecular weight is 893 g/mol. The highest BCUT2D eigenvalue weighted by atomic mass is 79.9. The zero-order valence-electron chi connectivity index (χ0n) is 16.6. The predicted molar refractivity (Wildman–Crippen MR) is 161 cm³/mol. The Morgan fingerprint density at radius 1 is 0.970 bits per heavy atom. The minimum Gasteiger partial charge on any atom is -0.350 e. The molecule has 2 aromatic carbocycles. The smallest absolute Gasteiger partial charge is 0.269 e. The summed E-state index contributed by atoms with van der Waals surface area (Å²) in [6, 6.07) is 7.92. The largest absolute Gasteiger partial charge is 0.350 e. The molecule has 0 aliphatic carbocycles. The van der Waals surface area contributed by atoms with Crippen molar-refractivity contribution in [2.24, 2.45) is 7.05 Å². The molecular weight excluding hydrogens is 878 g/mol. The van der Waals surface area contributed by atoms with Crippen LogP contribution >= 0.6 is 132 Å². The second kappa shape index (κ2) is 15.3. The number of amides is 1. The van der Waals surface area contributed by atoms with E-state index in [0.717, 1.165) is 36.6 Å². The van der Waals surface area contributed by atoms with Crippen LogP contribution in [0.2, 0.25) is 0 Å². The molecule has 0 fully saturated rings. The van der Waals surface area contributed by atoms with Gasteiger partial charge in [-0.3, -0.25) is 4.79 Å². The standard InChI is InChI=1S/C12H4Br6OS2.C7H11N3OS/c13-5-1-7(15)11(8(16)2-5)20-19-21-12-9(17)3-6(14)4-10(12)18;1-10-5-8-4-6(10)7(11)9-2-3-12/h1-4H;4-5,12H,2-3H2,1H3,(H,9,11). The normalized spacial score (nSPS) is 10.5. The topological polar surface area (TPSA) is 56.2 Å². The number of carbonyl (C=O) groups excluding carboxylic acids is 1. The minimum atomic E-state index is -0.107. The highest BCUT2D eigenvalue weighted by Gasteiger charge is 2.12. The van der Waals surface area contributed by atoms with Gasteiger partial charge in [-0.2, -0.15) is 12.6 Å². The lowest BCUT2D eigenvalue weighted by molar-refractivity contribution is 0.0948. The summed E-state index contributed by atoms with van der Waals surface area (Å²) in [6.45, 7) is 0.577. The van der Waals surface area contributed by atoms with Gasteiger partial charge in [0.2, 0.25) is 0 Å². The summed E-state index contributed by atoms with van der Waals surface area (Å²) in [5.74, 6) is 0.535. The number of hydrogen-bond acceptors (Lipinski definition) is 6. The van der Waals surface area contributed by atoms with E-state index in [-0.39, 0.29) is 5.91 Å². The van der Waals surface area contributed by atoms with Gasteiger partial charge in [-0.15, -0.1) is 0 Å². The third kappa shape index (κ3) is 9.77. The fourth-order valence-electron chi connectivity index (χ4n) is 2.14. The summed E-state index contributed by atoms with van der Waals surface area (Å²) < 4.78 is 13.2. The van der Waals surface area contributed by atoms with Gasteiger partial charge in [-0.25, -0.2) is 8.61 Å². The number of benzene rings is 2. The number of nitrogens with zero attached hydrogens (tertiary/aromatic N) is 2. The molecule has 1 heterocycles. The molecule has 0 atom stereocenters. The van der Waals surface area contributed by atoms with Crippen molar-refractivity contribution < 1.29 is 8.42 Å². The van der Waals surface area contributed by atoms with E-state index in [4.69, 9.17) is 3.63 Å². The second-order valence-electron chi connectivity index (χ2n) is 6.00. The quantitative estimate of drug-likeness (QED) is 0.183. The fraction of sp³-hybridized carbons (Fsp3) is 0.158. The maximum atomic E-state index is 11.3. The van der Waals surface area contributed by atoms with Crippen LogP contribution < -0.4 is 5.32 Å². The second-order valence-corrected chi connectivity index (χ2v) is 13.4. The molecule has 5 nitrogen and oxygen atoms in total. The van der Waals surface area contributed by atoms with Crippen LogP contribution in [0.3, 0.4) is 0 Å². The van der Waals surface area contributed by atoms with Crippen molar-refractivity contribution in [1.29, 1.82) is 0 Å². The lowest BCUT2D eigenvalue weighted by Gasteiger charge is -2.09. The van der Waals surface area contributed by atoms with E-state index in [1.54, 1.807) is 17.9 Å². The molecule has 14 heteroatoms. The van der Waals surface area contributed by atoms with Crippen LogP contribution in [0.1, 0.15) is 10.5 Å². The average Bonchev–Trinajstić information content (AvgIpc) is 3.16. The van der Waals surface area contributed by atoms with Gasteiger partial charge in [0.25, 0.3) is 5.91 Å². The summed E-state index contributed by atoms with van der Waals surface area (Å²) in [5.41, 5.74) is 0.566. The van der Waals surface area contributed by atoms with Gasteiger partial charge in [0.15, 0.2) is 0 Å². The van der Waals surface area contributed by atoms with Crippen molar-refractivity contribution in [3.8, 4) is 0 Å². The number of hydrogen-bond donors (Lipinski definition) is 2. The molecule has 0 saturated heterocycles. The first kappa shape index (κ1) is 30.2. The van der Waals surface area contributed by atoms with Crippen LogP contribution in [0, 0.1) is 0 Å². The number of carbonyl (C=O) groups is 1. The number of thiol groups is 1. The minimum absolute atomic E-state index is 0.107. The number of aryl methyl sites for hydroxylation is 1. The Balaban J connectivity index is 0.000000273. The highest BCUT2D eigenvalue weighted by Crippen LogP contribution is 2.43. The summed E-state index contributed by atoms with van der Waals surface area (Å²) in [5, 5.41) is 2.70. The number of halogens is 6.